The number of aryl methyl sites for hydroxylation is 2. The topological polar surface area (TPSA) is 33.3 Å². The van der Waals surface area contributed by atoms with Crippen LogP contribution in [0.1, 0.15) is 29.5 Å². The lowest BCUT2D eigenvalue weighted by atomic mass is 10.1. The molecule has 1 aromatic rings. The van der Waals surface area contributed by atoms with E-state index in [-0.39, 0.29) is 0 Å². The smallest absolute Gasteiger partial charge is 0.126 e. The first-order chi connectivity index (χ1) is 8.70. The summed E-state index contributed by atoms with van der Waals surface area (Å²) in [7, 11) is 1.75. The van der Waals surface area contributed by atoms with Crippen molar-refractivity contribution in [3.05, 3.63) is 28.8 Å². The summed E-state index contributed by atoms with van der Waals surface area (Å²) in [6.07, 6.45) is 2.70. The number of methoxy groups -OCH3 is 1. The van der Waals surface area contributed by atoms with E-state index in [4.69, 9.17) is 4.74 Å². The molecule has 1 aliphatic carbocycles. The lowest BCUT2D eigenvalue weighted by Gasteiger charge is -2.13. The van der Waals surface area contributed by atoms with Crippen molar-refractivity contribution < 1.29 is 4.74 Å². The maximum Gasteiger partial charge on any atom is 0.126 e. The molecule has 1 saturated carbocycles. The van der Waals surface area contributed by atoms with Gasteiger partial charge < -0.3 is 15.4 Å². The summed E-state index contributed by atoms with van der Waals surface area (Å²) >= 11 is 0. The van der Waals surface area contributed by atoms with Gasteiger partial charge in [-0.25, -0.2) is 0 Å². The zero-order chi connectivity index (χ0) is 13.0. The molecule has 0 heterocycles. The molecule has 1 aliphatic rings. The van der Waals surface area contributed by atoms with Gasteiger partial charge in [0.2, 0.25) is 0 Å². The van der Waals surface area contributed by atoms with Crippen LogP contribution in [0.3, 0.4) is 0 Å². The van der Waals surface area contributed by atoms with Gasteiger partial charge in [0, 0.05) is 31.2 Å². The van der Waals surface area contributed by atoms with Crippen LogP contribution in [0.25, 0.3) is 0 Å². The second-order valence-corrected chi connectivity index (χ2v) is 5.18. The van der Waals surface area contributed by atoms with Crippen molar-refractivity contribution in [3.63, 3.8) is 0 Å². The summed E-state index contributed by atoms with van der Waals surface area (Å²) in [6.45, 7) is 7.16. The zero-order valence-electron chi connectivity index (χ0n) is 11.7. The Morgan fingerprint density at radius 3 is 2.67 bits per heavy atom. The maximum atomic E-state index is 5.48. The molecule has 1 aromatic carbocycles. The number of hydrogen-bond donors (Lipinski definition) is 2. The highest BCUT2D eigenvalue weighted by Crippen LogP contribution is 2.24. The maximum absolute atomic E-state index is 5.48. The molecule has 0 bridgehead atoms. The van der Waals surface area contributed by atoms with Crippen LogP contribution in [0.15, 0.2) is 12.1 Å². The first-order valence-electron chi connectivity index (χ1n) is 6.79. The molecular formula is C15H24N2O. The Kier molecular flexibility index (Phi) is 4.61. The molecule has 100 valence electrons. The van der Waals surface area contributed by atoms with Crippen molar-refractivity contribution in [3.8, 4) is 5.75 Å². The molecule has 1 fully saturated rings. The Hall–Kier alpha value is -1.06. The first kappa shape index (κ1) is 13.4. The number of hydrogen-bond acceptors (Lipinski definition) is 3. The number of ether oxygens (including phenoxy) is 1. The van der Waals surface area contributed by atoms with E-state index in [1.165, 1.54) is 29.5 Å². The predicted molar refractivity (Wildman–Crippen MR) is 75.2 cm³/mol. The van der Waals surface area contributed by atoms with Gasteiger partial charge in [-0.2, -0.15) is 0 Å². The molecule has 2 rings (SSSR count). The highest BCUT2D eigenvalue weighted by Gasteiger charge is 2.19. The minimum atomic E-state index is 0.794. The summed E-state index contributed by atoms with van der Waals surface area (Å²) in [6, 6.07) is 5.16. The Morgan fingerprint density at radius 1 is 1.22 bits per heavy atom. The van der Waals surface area contributed by atoms with Gasteiger partial charge >= 0.3 is 0 Å². The van der Waals surface area contributed by atoms with Crippen LogP contribution >= 0.6 is 0 Å². The molecule has 2 N–H and O–H groups in total. The molecule has 0 atom stereocenters. The third kappa shape index (κ3) is 3.72. The molecule has 0 radical (unpaired) electrons. The fraction of sp³-hybridized carbons (Fsp3) is 0.600. The second-order valence-electron chi connectivity index (χ2n) is 5.18. The predicted octanol–water partition coefficient (Wildman–Crippen LogP) is 2.15. The van der Waals surface area contributed by atoms with Crippen LogP contribution in [0, 0.1) is 13.8 Å². The van der Waals surface area contributed by atoms with Crippen molar-refractivity contribution in [1.29, 1.82) is 0 Å². The monoisotopic (exact) mass is 248 g/mol. The minimum Gasteiger partial charge on any atom is -0.496 e. The Balaban J connectivity index is 1.82. The quantitative estimate of drug-likeness (QED) is 0.725. The van der Waals surface area contributed by atoms with Crippen LogP contribution in [0.4, 0.5) is 0 Å². The van der Waals surface area contributed by atoms with E-state index < -0.39 is 0 Å². The molecule has 0 amide bonds. The summed E-state index contributed by atoms with van der Waals surface area (Å²) in [4.78, 5) is 0. The van der Waals surface area contributed by atoms with E-state index in [2.05, 4.69) is 36.6 Å². The van der Waals surface area contributed by atoms with Crippen LogP contribution in [-0.4, -0.2) is 26.2 Å². The average molecular weight is 248 g/mol. The fourth-order valence-corrected chi connectivity index (χ4v) is 2.34. The van der Waals surface area contributed by atoms with Gasteiger partial charge in [-0.15, -0.1) is 0 Å². The van der Waals surface area contributed by atoms with E-state index in [1.54, 1.807) is 7.11 Å². The summed E-state index contributed by atoms with van der Waals surface area (Å²) < 4.78 is 5.48. The van der Waals surface area contributed by atoms with E-state index in [1.807, 2.05) is 0 Å². The molecule has 3 nitrogen and oxygen atoms in total. The van der Waals surface area contributed by atoms with Gasteiger partial charge in [0.15, 0.2) is 0 Å². The SMILES string of the molecule is COc1c(C)cc(C)cc1CNCCNC1CC1. The van der Waals surface area contributed by atoms with Crippen LogP contribution < -0.4 is 15.4 Å². The average Bonchev–Trinajstić information content (AvgIpc) is 3.12. The molecule has 0 unspecified atom stereocenters. The van der Waals surface area contributed by atoms with Gasteiger partial charge in [0.05, 0.1) is 7.11 Å². The number of benzene rings is 1. The van der Waals surface area contributed by atoms with Gasteiger partial charge in [-0.3, -0.25) is 0 Å². The molecule has 3 heteroatoms. The normalized spacial score (nSPS) is 14.8. The van der Waals surface area contributed by atoms with Crippen molar-refractivity contribution in [2.24, 2.45) is 0 Å². The lowest BCUT2D eigenvalue weighted by Crippen LogP contribution is -2.28. The highest BCUT2D eigenvalue weighted by molar-refractivity contribution is 5.43. The van der Waals surface area contributed by atoms with E-state index in [0.29, 0.717) is 0 Å². The van der Waals surface area contributed by atoms with Crippen LogP contribution in [-0.2, 0) is 6.54 Å². The summed E-state index contributed by atoms with van der Waals surface area (Å²) in [5, 5.41) is 6.97. The molecule has 0 aromatic heterocycles. The van der Waals surface area contributed by atoms with Crippen molar-refractivity contribution in [2.45, 2.75) is 39.3 Å². The Bertz CT molecular complexity index is 400. The molecule has 0 saturated heterocycles. The molecule has 0 spiro atoms. The van der Waals surface area contributed by atoms with Crippen LogP contribution in [0.2, 0.25) is 0 Å². The molecular weight excluding hydrogens is 224 g/mol. The largest absolute Gasteiger partial charge is 0.496 e. The first-order valence-corrected chi connectivity index (χ1v) is 6.79. The lowest BCUT2D eigenvalue weighted by molar-refractivity contribution is 0.404. The van der Waals surface area contributed by atoms with E-state index >= 15 is 0 Å². The fourth-order valence-electron chi connectivity index (χ4n) is 2.34. The van der Waals surface area contributed by atoms with Crippen molar-refractivity contribution in [1.82, 2.24) is 10.6 Å². The second kappa shape index (κ2) is 6.21. The van der Waals surface area contributed by atoms with Crippen molar-refractivity contribution >= 4 is 0 Å². The standard InChI is InChI=1S/C15H24N2O/c1-11-8-12(2)15(18-3)13(9-11)10-16-6-7-17-14-4-5-14/h8-9,14,16-17H,4-7,10H2,1-3H3. The van der Waals surface area contributed by atoms with Gasteiger partial charge in [0.25, 0.3) is 0 Å². The molecule has 0 aliphatic heterocycles. The van der Waals surface area contributed by atoms with Gasteiger partial charge in [-0.1, -0.05) is 17.7 Å². The Labute approximate surface area is 110 Å². The third-order valence-electron chi connectivity index (χ3n) is 3.33. The van der Waals surface area contributed by atoms with Gasteiger partial charge in [0.1, 0.15) is 5.75 Å². The van der Waals surface area contributed by atoms with E-state index in [0.717, 1.165) is 31.4 Å². The third-order valence-corrected chi connectivity index (χ3v) is 3.33. The Morgan fingerprint density at radius 2 is 2.00 bits per heavy atom. The van der Waals surface area contributed by atoms with Crippen molar-refractivity contribution in [2.75, 3.05) is 20.2 Å². The summed E-state index contributed by atoms with van der Waals surface area (Å²) in [5.74, 6) is 1.02. The number of nitrogens with one attached hydrogen (secondary N) is 2. The van der Waals surface area contributed by atoms with Gasteiger partial charge in [-0.05, 0) is 32.3 Å². The van der Waals surface area contributed by atoms with Crippen LogP contribution in [0.5, 0.6) is 5.75 Å². The summed E-state index contributed by atoms with van der Waals surface area (Å²) in [5.41, 5.74) is 3.76. The number of rotatable bonds is 7. The molecule has 18 heavy (non-hydrogen) atoms. The minimum absolute atomic E-state index is 0.794. The van der Waals surface area contributed by atoms with E-state index in [9.17, 15) is 0 Å². The highest BCUT2D eigenvalue weighted by atomic mass is 16.5. The zero-order valence-corrected chi connectivity index (χ0v) is 11.7.